The van der Waals surface area contributed by atoms with Crippen molar-refractivity contribution in [2.24, 2.45) is 40.4 Å². The largest absolute Gasteiger partial charge is 0.393 e. The van der Waals surface area contributed by atoms with Gasteiger partial charge >= 0.3 is 0 Å². The predicted molar refractivity (Wildman–Crippen MR) is 131 cm³/mol. The molecule has 7 heteroatoms. The molecule has 0 amide bonds. The molecule has 1 unspecified atom stereocenters. The molecule has 0 aromatic heterocycles. The van der Waals surface area contributed by atoms with E-state index in [0.29, 0.717) is 30.8 Å². The van der Waals surface area contributed by atoms with Gasteiger partial charge in [0.1, 0.15) is 0 Å². The van der Waals surface area contributed by atoms with Crippen LogP contribution in [0.25, 0.3) is 0 Å². The second kappa shape index (κ2) is 8.60. The van der Waals surface area contributed by atoms with Crippen LogP contribution in [0.15, 0.2) is 11.6 Å². The van der Waals surface area contributed by atoms with Crippen LogP contribution in [0.3, 0.4) is 0 Å². The third-order valence-electron chi connectivity index (χ3n) is 11.2. The van der Waals surface area contributed by atoms with Crippen LogP contribution >= 0.6 is 0 Å². The highest BCUT2D eigenvalue weighted by molar-refractivity contribution is 5.95. The number of fused-ring (bicyclic) bond motifs is 5. The second-order valence-corrected chi connectivity index (χ2v) is 13.5. The molecule has 3 fully saturated rings. The molecule has 35 heavy (non-hydrogen) atoms. The second-order valence-electron chi connectivity index (χ2n) is 13.5. The van der Waals surface area contributed by atoms with Gasteiger partial charge in [-0.25, -0.2) is 0 Å². The lowest BCUT2D eigenvalue weighted by molar-refractivity contribution is -0.186. The first-order valence-corrected chi connectivity index (χ1v) is 13.4. The van der Waals surface area contributed by atoms with Gasteiger partial charge in [0, 0.05) is 23.7 Å². The number of ketones is 1. The summed E-state index contributed by atoms with van der Waals surface area (Å²) in [4.78, 5) is 13.3. The van der Waals surface area contributed by atoms with Gasteiger partial charge in [-0.2, -0.15) is 0 Å². The van der Waals surface area contributed by atoms with Crippen molar-refractivity contribution >= 4 is 5.78 Å². The summed E-state index contributed by atoms with van der Waals surface area (Å²) in [5, 5.41) is 67.1. The van der Waals surface area contributed by atoms with Crippen LogP contribution in [0, 0.1) is 40.4 Å². The molecule has 0 aromatic rings. The molecule has 0 saturated heterocycles. The monoisotopic (exact) mass is 494 g/mol. The Morgan fingerprint density at radius 1 is 1.06 bits per heavy atom. The average Bonchev–Trinajstić information content (AvgIpc) is 2.95. The molecule has 4 rings (SSSR count). The minimum absolute atomic E-state index is 0.0156. The van der Waals surface area contributed by atoms with Gasteiger partial charge in [-0.3, -0.25) is 4.79 Å². The fraction of sp³-hybridized carbons (Fsp3) is 0.893. The zero-order chi connectivity index (χ0) is 26.3. The number of rotatable bonds is 5. The maximum absolute atomic E-state index is 13.3. The average molecular weight is 495 g/mol. The summed E-state index contributed by atoms with van der Waals surface area (Å²) in [5.74, 6) is -1.04. The smallest absolute Gasteiger partial charge is 0.159 e. The summed E-state index contributed by atoms with van der Waals surface area (Å²) in [5.41, 5.74) is -4.12. The van der Waals surface area contributed by atoms with Crippen molar-refractivity contribution in [1.29, 1.82) is 0 Å². The molecule has 0 radical (unpaired) electrons. The Kier molecular flexibility index (Phi) is 6.69. The molecule has 0 spiro atoms. The first-order valence-electron chi connectivity index (χ1n) is 13.4. The highest BCUT2D eigenvalue weighted by Gasteiger charge is 2.71. The summed E-state index contributed by atoms with van der Waals surface area (Å²) in [7, 11) is 0. The Bertz CT molecular complexity index is 883. The molecule has 200 valence electrons. The Hall–Kier alpha value is -0.830. The normalized spacial score (nSPS) is 48.9. The maximum Gasteiger partial charge on any atom is 0.159 e. The van der Waals surface area contributed by atoms with Crippen LogP contribution in [-0.2, 0) is 4.79 Å². The third-order valence-corrected chi connectivity index (χ3v) is 11.2. The molecule has 4 aliphatic carbocycles. The first kappa shape index (κ1) is 27.2. The summed E-state index contributed by atoms with van der Waals surface area (Å²) in [6.45, 7) is 11.6. The van der Waals surface area contributed by atoms with Crippen molar-refractivity contribution in [1.82, 2.24) is 0 Å². The van der Waals surface area contributed by atoms with Crippen molar-refractivity contribution in [3.63, 3.8) is 0 Å². The molecule has 0 aromatic carbocycles. The van der Waals surface area contributed by atoms with Gasteiger partial charge in [0.25, 0.3) is 0 Å². The van der Waals surface area contributed by atoms with Crippen LogP contribution in [0.1, 0.15) is 80.1 Å². The van der Waals surface area contributed by atoms with E-state index in [2.05, 4.69) is 13.8 Å². The van der Waals surface area contributed by atoms with Crippen molar-refractivity contribution in [3.8, 4) is 0 Å². The number of carbonyl (C=O) groups is 1. The van der Waals surface area contributed by atoms with E-state index in [4.69, 9.17) is 0 Å². The number of aliphatic hydroxyl groups is 6. The lowest BCUT2D eigenvalue weighted by atomic mass is 9.45. The zero-order valence-electron chi connectivity index (χ0n) is 22.1. The van der Waals surface area contributed by atoms with E-state index in [0.717, 1.165) is 0 Å². The van der Waals surface area contributed by atoms with E-state index in [1.165, 1.54) is 6.08 Å². The topological polar surface area (TPSA) is 138 Å². The van der Waals surface area contributed by atoms with E-state index < -0.39 is 58.3 Å². The van der Waals surface area contributed by atoms with E-state index in [1.54, 1.807) is 6.92 Å². The van der Waals surface area contributed by atoms with Crippen LogP contribution in [-0.4, -0.2) is 72.0 Å². The molecule has 6 N–H and O–H groups in total. The molecule has 0 heterocycles. The summed E-state index contributed by atoms with van der Waals surface area (Å²) in [6.07, 6.45) is -0.487. The van der Waals surface area contributed by atoms with E-state index >= 15 is 0 Å². The summed E-state index contributed by atoms with van der Waals surface area (Å²) in [6, 6.07) is 0. The molecule has 4 aliphatic rings. The Morgan fingerprint density at radius 2 is 1.69 bits per heavy atom. The third kappa shape index (κ3) is 3.79. The minimum Gasteiger partial charge on any atom is -0.393 e. The van der Waals surface area contributed by atoms with Crippen LogP contribution in [0.2, 0.25) is 0 Å². The van der Waals surface area contributed by atoms with Crippen molar-refractivity contribution in [2.45, 2.75) is 116 Å². The van der Waals surface area contributed by atoms with Gasteiger partial charge in [0.05, 0.1) is 35.6 Å². The quantitative estimate of drug-likeness (QED) is 0.343. The van der Waals surface area contributed by atoms with Crippen LogP contribution in [0.5, 0.6) is 0 Å². The minimum atomic E-state index is -1.63. The Morgan fingerprint density at radius 3 is 2.29 bits per heavy atom. The standard InChI is InChI=1S/C28H46O7/c1-14(2)15(3)9-23(33)27(6,34)24-22(32)13-28(35)17-10-19(29)18-11-20(30)21(31)12-25(18,4)16(17)7-8-26(24,28)5/h10,14-16,18,20-24,30-35H,7-9,11-13H2,1-6H3/t15?,16-,18-,20+,21-,22-,23+,24-,25+,26+,27-,28+/m0/s1. The van der Waals surface area contributed by atoms with Gasteiger partial charge in [0.2, 0.25) is 0 Å². The van der Waals surface area contributed by atoms with E-state index in [-0.39, 0.29) is 36.9 Å². The number of hydrogen-bond acceptors (Lipinski definition) is 7. The summed E-state index contributed by atoms with van der Waals surface area (Å²) < 4.78 is 0. The summed E-state index contributed by atoms with van der Waals surface area (Å²) >= 11 is 0. The van der Waals surface area contributed by atoms with Crippen LogP contribution in [0.4, 0.5) is 0 Å². The van der Waals surface area contributed by atoms with Crippen molar-refractivity contribution in [2.75, 3.05) is 0 Å². The molecule has 7 nitrogen and oxygen atoms in total. The highest BCUT2D eigenvalue weighted by Crippen LogP contribution is 2.68. The van der Waals surface area contributed by atoms with Gasteiger partial charge in [-0.05, 0) is 73.8 Å². The van der Waals surface area contributed by atoms with E-state index in [9.17, 15) is 35.4 Å². The molecule has 3 saturated carbocycles. The van der Waals surface area contributed by atoms with Gasteiger partial charge in [-0.1, -0.05) is 34.6 Å². The number of carbonyl (C=O) groups excluding carboxylic acids is 1. The fourth-order valence-corrected chi connectivity index (χ4v) is 8.52. The lowest BCUT2D eigenvalue weighted by Crippen LogP contribution is -2.63. The molecule has 0 bridgehead atoms. The fourth-order valence-electron chi connectivity index (χ4n) is 8.52. The molecular weight excluding hydrogens is 448 g/mol. The first-order chi connectivity index (χ1) is 16.0. The van der Waals surface area contributed by atoms with Crippen molar-refractivity contribution in [3.05, 3.63) is 11.6 Å². The maximum atomic E-state index is 13.3. The molecule has 0 aliphatic heterocycles. The number of hydrogen-bond donors (Lipinski definition) is 6. The number of allylic oxidation sites excluding steroid dienone is 1. The highest BCUT2D eigenvalue weighted by atomic mass is 16.3. The van der Waals surface area contributed by atoms with Gasteiger partial charge in [0.15, 0.2) is 5.78 Å². The zero-order valence-corrected chi connectivity index (χ0v) is 22.1. The Balaban J connectivity index is 1.72. The van der Waals surface area contributed by atoms with Crippen LogP contribution < -0.4 is 0 Å². The number of aliphatic hydroxyl groups excluding tert-OH is 4. The predicted octanol–water partition coefficient (Wildman–Crippen LogP) is 1.96. The molecule has 12 atom stereocenters. The van der Waals surface area contributed by atoms with E-state index in [1.807, 2.05) is 20.8 Å². The van der Waals surface area contributed by atoms with Gasteiger partial charge in [-0.15, -0.1) is 0 Å². The SMILES string of the molecule is CC(C)C(C)C[C@@H](O)[C@](C)(O)[C@H]1[C@@H](O)C[C@@]2(O)C3=CC(=O)[C@@H]4C[C@@H](O)[C@@H](O)C[C@]4(C)[C@H]3CC[C@]12C. The molecular formula is C28H46O7. The van der Waals surface area contributed by atoms with Gasteiger partial charge < -0.3 is 30.6 Å². The Labute approximate surface area is 209 Å². The lowest BCUT2D eigenvalue weighted by Gasteiger charge is -2.60. The van der Waals surface area contributed by atoms with Crippen molar-refractivity contribution < 1.29 is 35.4 Å².